The number of thioether (sulfide) groups is 2. The van der Waals surface area contributed by atoms with Crippen LogP contribution in [-0.2, 0) is 23.9 Å². The molecule has 0 bridgehead atoms. The summed E-state index contributed by atoms with van der Waals surface area (Å²) >= 11 is 0.944. The lowest BCUT2D eigenvalue weighted by atomic mass is 10.0. The van der Waals surface area contributed by atoms with E-state index in [1.165, 1.54) is 0 Å². The summed E-state index contributed by atoms with van der Waals surface area (Å²) in [7, 11) is 0. The number of nitrogens with one attached hydrogen (secondary N) is 1. The molecule has 2 aliphatic rings. The normalized spacial score (nSPS) is 22.1. The Hall–Kier alpha value is -1.89. The number of rotatable bonds is 8. The van der Waals surface area contributed by atoms with Crippen molar-refractivity contribution in [1.82, 2.24) is 10.2 Å². The van der Waals surface area contributed by atoms with Gasteiger partial charge in [0, 0.05) is 18.2 Å². The highest BCUT2D eigenvalue weighted by Crippen LogP contribution is 2.40. The van der Waals surface area contributed by atoms with E-state index in [1.54, 1.807) is 0 Å². The fourth-order valence-corrected chi connectivity index (χ4v) is 4.24. The molecule has 1 fully saturated rings. The third kappa shape index (κ3) is 4.89. The zero-order valence-corrected chi connectivity index (χ0v) is 15.5. The number of halogens is 3. The average Bonchev–Trinajstić information content (AvgIpc) is 2.61. The lowest BCUT2D eigenvalue weighted by molar-refractivity contribution is -0.150. The number of hydrogen-bond donors (Lipinski definition) is 2. The number of carbonyl (C=O) groups excluding carboxylic acids is 3. The van der Waals surface area contributed by atoms with Crippen molar-refractivity contribution in [2.75, 3.05) is 24.8 Å². The molecule has 2 N–H and O–H groups in total. The summed E-state index contributed by atoms with van der Waals surface area (Å²) < 4.78 is 42.5. The zero-order chi connectivity index (χ0) is 20.4. The van der Waals surface area contributed by atoms with E-state index in [0.29, 0.717) is 0 Å². The van der Waals surface area contributed by atoms with Crippen LogP contribution in [0.5, 0.6) is 0 Å². The molecule has 0 spiro atoms. The first-order chi connectivity index (χ1) is 12.6. The number of β-lactam (4-membered cyclic amide) rings is 1. The minimum absolute atomic E-state index is 0.143. The lowest BCUT2D eigenvalue weighted by Crippen LogP contribution is -2.70. The third-order valence-electron chi connectivity index (χ3n) is 3.59. The summed E-state index contributed by atoms with van der Waals surface area (Å²) in [6.07, 6.45) is 0. The molecule has 0 aromatic rings. The lowest BCUT2D eigenvalue weighted by Gasteiger charge is -2.49. The summed E-state index contributed by atoms with van der Waals surface area (Å²) in [4.78, 5) is 47.4. The monoisotopic (exact) mass is 428 g/mol. The van der Waals surface area contributed by atoms with E-state index in [-0.39, 0.29) is 35.4 Å². The van der Waals surface area contributed by atoms with Crippen LogP contribution in [0.3, 0.4) is 0 Å². The summed E-state index contributed by atoms with van der Waals surface area (Å²) in [6, 6.07) is -1.08. The Morgan fingerprint density at radius 2 is 2.11 bits per heavy atom. The number of alkyl halides is 3. The predicted octanol–water partition coefficient (Wildman–Crippen LogP) is 0.584. The van der Waals surface area contributed by atoms with Gasteiger partial charge in [0.15, 0.2) is 6.67 Å². The van der Waals surface area contributed by atoms with Gasteiger partial charge >= 0.3 is 17.2 Å². The first-order valence-electron chi connectivity index (χ1n) is 7.48. The molecule has 1 saturated heterocycles. The van der Waals surface area contributed by atoms with Gasteiger partial charge in [0.2, 0.25) is 5.91 Å². The molecule has 0 aromatic carbocycles. The van der Waals surface area contributed by atoms with Crippen molar-refractivity contribution >= 4 is 47.3 Å². The van der Waals surface area contributed by atoms with Crippen LogP contribution in [0, 0.1) is 0 Å². The first-order valence-corrected chi connectivity index (χ1v) is 9.51. The van der Waals surface area contributed by atoms with Gasteiger partial charge in [-0.3, -0.25) is 19.3 Å². The topological polar surface area (TPSA) is 113 Å². The molecule has 2 aliphatic heterocycles. The maximum absolute atomic E-state index is 12.8. The van der Waals surface area contributed by atoms with Crippen molar-refractivity contribution in [2.24, 2.45) is 0 Å². The maximum atomic E-state index is 12.8. The number of esters is 1. The van der Waals surface area contributed by atoms with Gasteiger partial charge in [-0.15, -0.1) is 11.8 Å². The molecule has 8 nitrogen and oxygen atoms in total. The van der Waals surface area contributed by atoms with Gasteiger partial charge in [0.05, 0.1) is 5.75 Å². The van der Waals surface area contributed by atoms with Crippen LogP contribution in [0.2, 0.25) is 0 Å². The van der Waals surface area contributed by atoms with Crippen LogP contribution in [0.15, 0.2) is 11.3 Å². The smallest absolute Gasteiger partial charge is 0.352 e. The molecule has 2 amide bonds. The summed E-state index contributed by atoms with van der Waals surface area (Å²) in [5, 5.41) is 7.21. The Kier molecular flexibility index (Phi) is 6.68. The average molecular weight is 428 g/mol. The Bertz CT molecular complexity index is 702. The van der Waals surface area contributed by atoms with Gasteiger partial charge in [-0.05, 0) is 0 Å². The molecule has 150 valence electrons. The predicted molar refractivity (Wildman–Crippen MR) is 89.7 cm³/mol. The van der Waals surface area contributed by atoms with Crippen molar-refractivity contribution in [1.29, 1.82) is 0 Å². The Balaban J connectivity index is 2.03. The number of hydrogen-bond acceptors (Lipinski definition) is 7. The molecule has 13 heteroatoms. The second-order valence-corrected chi connectivity index (χ2v) is 7.83. The molecule has 27 heavy (non-hydrogen) atoms. The fourth-order valence-electron chi connectivity index (χ4n) is 2.41. The molecular weight excluding hydrogens is 413 g/mol. The van der Waals surface area contributed by atoms with Crippen molar-refractivity contribution in [3.05, 3.63) is 11.3 Å². The highest BCUT2D eigenvalue weighted by Gasteiger charge is 2.54. The number of amides is 2. The Morgan fingerprint density at radius 3 is 2.67 bits per heavy atom. The van der Waals surface area contributed by atoms with Gasteiger partial charge in [0.25, 0.3) is 5.91 Å². The highest BCUT2D eigenvalue weighted by atomic mass is 32.2. The van der Waals surface area contributed by atoms with Crippen molar-refractivity contribution in [3.8, 4) is 0 Å². The number of nitrogens with zero attached hydrogens (tertiary/aromatic N) is 1. The summed E-state index contributed by atoms with van der Waals surface area (Å²) in [5.41, 5.74) is -0.0935. The number of ether oxygens (including phenoxy) is 1. The minimum Gasteiger partial charge on any atom is -0.477 e. The highest BCUT2D eigenvalue weighted by molar-refractivity contribution is 8.01. The van der Waals surface area contributed by atoms with E-state index in [2.05, 4.69) is 5.32 Å². The zero-order valence-electron chi connectivity index (χ0n) is 13.9. The molecule has 0 aromatic heterocycles. The van der Waals surface area contributed by atoms with Gasteiger partial charge in [0.1, 0.15) is 23.7 Å². The third-order valence-corrected chi connectivity index (χ3v) is 5.86. The van der Waals surface area contributed by atoms with Crippen LogP contribution >= 0.6 is 23.5 Å². The standard InChI is InChI=1S/C14H15F3N2O6S2/c1-6(20)25-2-7-3-26-12-9(11(22)19(12)10(7)13(23)24)18-8(21)4-27-14(16,17)5-15/h9,12H,2-5H2,1H3,(H,18,21)(H,23,24)/t9-,12-/m1/s1. The molecule has 2 heterocycles. The number of carboxylic acids is 1. The SMILES string of the molecule is CC(=O)OCC1=C(C(=O)O)N2C(=O)[C@@H](NC(=O)CSC(F)(F)CF)[C@H]2SC1. The van der Waals surface area contributed by atoms with E-state index in [9.17, 15) is 37.5 Å². The molecule has 0 saturated carbocycles. The molecule has 2 atom stereocenters. The van der Waals surface area contributed by atoms with Gasteiger partial charge in [-0.25, -0.2) is 9.18 Å². The minimum atomic E-state index is -3.70. The Morgan fingerprint density at radius 1 is 1.44 bits per heavy atom. The Labute approximate surface area is 159 Å². The van der Waals surface area contributed by atoms with Gasteiger partial charge < -0.3 is 15.2 Å². The van der Waals surface area contributed by atoms with Crippen molar-refractivity contribution in [3.63, 3.8) is 0 Å². The van der Waals surface area contributed by atoms with Gasteiger partial charge in [-0.1, -0.05) is 11.8 Å². The van der Waals surface area contributed by atoms with Crippen LogP contribution in [0.1, 0.15) is 6.92 Å². The summed E-state index contributed by atoms with van der Waals surface area (Å²) in [6.45, 7) is -1.05. The van der Waals surface area contributed by atoms with E-state index in [1.807, 2.05) is 0 Å². The number of carboxylic acid groups (broad SMARTS) is 1. The van der Waals surface area contributed by atoms with Crippen molar-refractivity contribution in [2.45, 2.75) is 23.6 Å². The van der Waals surface area contributed by atoms with Crippen molar-refractivity contribution < 1.29 is 42.2 Å². The van der Waals surface area contributed by atoms with E-state index < -0.39 is 52.9 Å². The quantitative estimate of drug-likeness (QED) is 0.427. The second-order valence-electron chi connectivity index (χ2n) is 5.55. The van der Waals surface area contributed by atoms with Crippen LogP contribution in [0.4, 0.5) is 13.2 Å². The molecular formula is C14H15F3N2O6S2. The maximum Gasteiger partial charge on any atom is 0.352 e. The van der Waals surface area contributed by atoms with Crippen LogP contribution < -0.4 is 5.32 Å². The molecule has 0 aliphatic carbocycles. The largest absolute Gasteiger partial charge is 0.477 e. The molecule has 0 unspecified atom stereocenters. The van der Waals surface area contributed by atoms with E-state index in [4.69, 9.17) is 4.74 Å². The first kappa shape index (κ1) is 21.4. The molecule has 2 rings (SSSR count). The van der Waals surface area contributed by atoms with E-state index in [0.717, 1.165) is 23.6 Å². The van der Waals surface area contributed by atoms with Gasteiger partial charge in [-0.2, -0.15) is 8.78 Å². The fraction of sp³-hybridized carbons (Fsp3) is 0.571. The number of carbonyl (C=O) groups is 4. The molecule has 0 radical (unpaired) electrons. The number of fused-ring (bicyclic) bond motifs is 1. The number of aliphatic carboxylic acids is 1. The van der Waals surface area contributed by atoms with Crippen LogP contribution in [-0.4, -0.2) is 75.2 Å². The van der Waals surface area contributed by atoms with Crippen LogP contribution in [0.25, 0.3) is 0 Å². The van der Waals surface area contributed by atoms with E-state index >= 15 is 0 Å². The second kappa shape index (κ2) is 8.42. The summed E-state index contributed by atoms with van der Waals surface area (Å²) in [5.74, 6) is -4.22.